The molecule has 0 bridgehead atoms. The molecule has 0 spiro atoms. The number of carbonyl (C=O) groups is 2. The van der Waals surface area contributed by atoms with E-state index in [0.29, 0.717) is 11.3 Å². The van der Waals surface area contributed by atoms with E-state index in [1.165, 1.54) is 35.2 Å². The van der Waals surface area contributed by atoms with Gasteiger partial charge in [0, 0.05) is 25.1 Å². The zero-order valence-corrected chi connectivity index (χ0v) is 13.0. The third kappa shape index (κ3) is 4.87. The Hall–Kier alpha value is -2.76. The van der Waals surface area contributed by atoms with Gasteiger partial charge in [0.05, 0.1) is 0 Å². The van der Waals surface area contributed by atoms with Crippen molar-refractivity contribution in [2.45, 2.75) is 19.3 Å². The average molecular weight is 332 g/mol. The molecule has 0 aliphatic heterocycles. The number of benzene rings is 2. The highest BCUT2D eigenvalue weighted by atomic mass is 19.1. The van der Waals surface area contributed by atoms with E-state index in [1.54, 1.807) is 18.2 Å². The molecule has 126 valence electrons. The van der Waals surface area contributed by atoms with Crippen LogP contribution >= 0.6 is 0 Å². The van der Waals surface area contributed by atoms with Gasteiger partial charge in [-0.05, 0) is 42.3 Å². The molecule has 24 heavy (non-hydrogen) atoms. The van der Waals surface area contributed by atoms with Crippen LogP contribution in [0.4, 0.5) is 14.5 Å². The van der Waals surface area contributed by atoms with Crippen LogP contribution in [0.1, 0.15) is 18.4 Å². The monoisotopic (exact) mass is 332 g/mol. The minimum Gasteiger partial charge on any atom is -0.370 e. The number of anilines is 1. The first-order valence-electron chi connectivity index (χ1n) is 7.55. The number of nitrogens with two attached hydrogens (primary N) is 1. The SMILES string of the molecule is NC(=O)CCN(C(=O)CCc1ccccc1F)c1ccc(F)cc1. The summed E-state index contributed by atoms with van der Waals surface area (Å²) >= 11 is 0. The minimum absolute atomic E-state index is 0.0111. The van der Waals surface area contributed by atoms with Crippen molar-refractivity contribution in [3.63, 3.8) is 0 Å². The highest BCUT2D eigenvalue weighted by molar-refractivity contribution is 5.94. The Balaban J connectivity index is 2.10. The van der Waals surface area contributed by atoms with E-state index in [-0.39, 0.29) is 37.5 Å². The first kappa shape index (κ1) is 17.6. The fourth-order valence-corrected chi connectivity index (χ4v) is 2.32. The van der Waals surface area contributed by atoms with Crippen molar-refractivity contribution in [2.24, 2.45) is 5.73 Å². The van der Waals surface area contributed by atoms with Crippen LogP contribution < -0.4 is 10.6 Å². The molecule has 2 amide bonds. The summed E-state index contributed by atoms with van der Waals surface area (Å²) in [6.45, 7) is 0.0943. The third-order valence-corrected chi connectivity index (χ3v) is 3.59. The molecule has 2 aromatic carbocycles. The number of carbonyl (C=O) groups excluding carboxylic acids is 2. The molecule has 0 saturated heterocycles. The standard InChI is InChI=1S/C18H18F2N2O2/c19-14-6-8-15(9-7-14)22(12-11-17(21)23)18(24)10-5-13-3-1-2-4-16(13)20/h1-4,6-9H,5,10-12H2,(H2,21,23). The lowest BCUT2D eigenvalue weighted by molar-refractivity contribution is -0.119. The van der Waals surface area contributed by atoms with Crippen LogP contribution in [0, 0.1) is 11.6 Å². The zero-order chi connectivity index (χ0) is 17.5. The van der Waals surface area contributed by atoms with Gasteiger partial charge in [-0.15, -0.1) is 0 Å². The van der Waals surface area contributed by atoms with Crippen LogP contribution in [-0.2, 0) is 16.0 Å². The van der Waals surface area contributed by atoms with E-state index >= 15 is 0 Å². The summed E-state index contributed by atoms with van der Waals surface area (Å²) in [5, 5.41) is 0. The summed E-state index contributed by atoms with van der Waals surface area (Å²) in [4.78, 5) is 24.9. The first-order chi connectivity index (χ1) is 11.5. The van der Waals surface area contributed by atoms with Crippen LogP contribution in [0.15, 0.2) is 48.5 Å². The topological polar surface area (TPSA) is 63.4 Å². The van der Waals surface area contributed by atoms with Crippen molar-refractivity contribution >= 4 is 17.5 Å². The summed E-state index contributed by atoms with van der Waals surface area (Å²) in [5.41, 5.74) is 6.05. The molecular weight excluding hydrogens is 314 g/mol. The van der Waals surface area contributed by atoms with Gasteiger partial charge >= 0.3 is 0 Å². The van der Waals surface area contributed by atoms with E-state index in [1.807, 2.05) is 0 Å². The number of primary amides is 1. The van der Waals surface area contributed by atoms with Gasteiger partial charge in [0.1, 0.15) is 11.6 Å². The van der Waals surface area contributed by atoms with Crippen molar-refractivity contribution in [3.05, 3.63) is 65.7 Å². The zero-order valence-electron chi connectivity index (χ0n) is 13.0. The highest BCUT2D eigenvalue weighted by Gasteiger charge is 2.17. The van der Waals surface area contributed by atoms with E-state index in [0.717, 1.165) is 0 Å². The Bertz CT molecular complexity index is 717. The second-order valence-electron chi connectivity index (χ2n) is 5.33. The van der Waals surface area contributed by atoms with Crippen molar-refractivity contribution < 1.29 is 18.4 Å². The normalized spacial score (nSPS) is 10.4. The smallest absolute Gasteiger partial charge is 0.227 e. The lowest BCUT2D eigenvalue weighted by Crippen LogP contribution is -2.34. The molecule has 0 aliphatic rings. The van der Waals surface area contributed by atoms with Gasteiger partial charge in [0.2, 0.25) is 11.8 Å². The van der Waals surface area contributed by atoms with Gasteiger partial charge in [-0.25, -0.2) is 8.78 Å². The Morgan fingerprint density at radius 2 is 1.62 bits per heavy atom. The molecule has 2 aromatic rings. The third-order valence-electron chi connectivity index (χ3n) is 3.59. The van der Waals surface area contributed by atoms with Crippen molar-refractivity contribution in [1.82, 2.24) is 0 Å². The number of nitrogens with zero attached hydrogens (tertiary/aromatic N) is 1. The molecule has 0 heterocycles. The number of hydrogen-bond acceptors (Lipinski definition) is 2. The maximum atomic E-state index is 13.6. The van der Waals surface area contributed by atoms with Gasteiger partial charge in [-0.2, -0.15) is 0 Å². The largest absolute Gasteiger partial charge is 0.370 e. The van der Waals surface area contributed by atoms with E-state index in [2.05, 4.69) is 0 Å². The van der Waals surface area contributed by atoms with Gasteiger partial charge in [0.25, 0.3) is 0 Å². The maximum absolute atomic E-state index is 13.6. The highest BCUT2D eigenvalue weighted by Crippen LogP contribution is 2.18. The van der Waals surface area contributed by atoms with Crippen molar-refractivity contribution in [1.29, 1.82) is 0 Å². The van der Waals surface area contributed by atoms with Crippen LogP contribution in [0.2, 0.25) is 0 Å². The number of aryl methyl sites for hydroxylation is 1. The van der Waals surface area contributed by atoms with Gasteiger partial charge < -0.3 is 10.6 Å². The molecule has 2 N–H and O–H groups in total. The molecule has 0 fully saturated rings. The minimum atomic E-state index is -0.538. The van der Waals surface area contributed by atoms with E-state index in [9.17, 15) is 18.4 Å². The van der Waals surface area contributed by atoms with Gasteiger partial charge in [-0.3, -0.25) is 9.59 Å². The number of rotatable bonds is 7. The number of hydrogen-bond donors (Lipinski definition) is 1. The molecular formula is C18H18F2N2O2. The lowest BCUT2D eigenvalue weighted by Gasteiger charge is -2.22. The van der Waals surface area contributed by atoms with Crippen LogP contribution in [0.5, 0.6) is 0 Å². The Kier molecular flexibility index (Phi) is 6.01. The van der Waals surface area contributed by atoms with Crippen LogP contribution in [0.25, 0.3) is 0 Å². The fraction of sp³-hybridized carbons (Fsp3) is 0.222. The molecule has 0 radical (unpaired) electrons. The van der Waals surface area contributed by atoms with E-state index in [4.69, 9.17) is 5.73 Å². The predicted molar refractivity (Wildman–Crippen MR) is 87.3 cm³/mol. The van der Waals surface area contributed by atoms with Crippen LogP contribution in [0.3, 0.4) is 0 Å². The van der Waals surface area contributed by atoms with Crippen LogP contribution in [-0.4, -0.2) is 18.4 Å². The molecule has 0 atom stereocenters. The predicted octanol–water partition coefficient (Wildman–Crippen LogP) is 2.81. The molecule has 6 heteroatoms. The second-order valence-corrected chi connectivity index (χ2v) is 5.33. The molecule has 0 unspecified atom stereocenters. The molecule has 0 aliphatic carbocycles. The molecule has 0 saturated carbocycles. The summed E-state index contributed by atoms with van der Waals surface area (Å²) < 4.78 is 26.7. The first-order valence-corrected chi connectivity index (χ1v) is 7.55. The Morgan fingerprint density at radius 1 is 0.958 bits per heavy atom. The second kappa shape index (κ2) is 8.19. The fourth-order valence-electron chi connectivity index (χ4n) is 2.32. The summed E-state index contributed by atoms with van der Waals surface area (Å²) in [6, 6.07) is 11.6. The number of amides is 2. The van der Waals surface area contributed by atoms with Crippen molar-refractivity contribution in [3.8, 4) is 0 Å². The van der Waals surface area contributed by atoms with Gasteiger partial charge in [-0.1, -0.05) is 18.2 Å². The lowest BCUT2D eigenvalue weighted by atomic mass is 10.1. The molecule has 4 nitrogen and oxygen atoms in total. The quantitative estimate of drug-likeness (QED) is 0.847. The molecule has 2 rings (SSSR count). The van der Waals surface area contributed by atoms with Gasteiger partial charge in [0.15, 0.2) is 0 Å². The summed E-state index contributed by atoms with van der Waals surface area (Å²) in [7, 11) is 0. The maximum Gasteiger partial charge on any atom is 0.227 e. The Labute approximate surface area is 138 Å². The summed E-state index contributed by atoms with van der Waals surface area (Å²) in [5.74, 6) is -1.61. The van der Waals surface area contributed by atoms with E-state index < -0.39 is 11.7 Å². The average Bonchev–Trinajstić information content (AvgIpc) is 2.55. The molecule has 0 aromatic heterocycles. The number of halogens is 2. The Morgan fingerprint density at radius 3 is 2.25 bits per heavy atom. The summed E-state index contributed by atoms with van der Waals surface area (Å²) in [6.07, 6.45) is 0.291. The van der Waals surface area contributed by atoms with Crippen molar-refractivity contribution in [2.75, 3.05) is 11.4 Å².